The monoisotopic (exact) mass is 750 g/mol. The molecule has 0 radical (unpaired) electrons. The second-order valence-electron chi connectivity index (χ2n) is 13.9. The van der Waals surface area contributed by atoms with Crippen molar-refractivity contribution in [3.8, 4) is 22.6 Å². The van der Waals surface area contributed by atoms with E-state index in [2.05, 4.69) is 5.32 Å². The van der Waals surface area contributed by atoms with Crippen molar-refractivity contribution in [1.29, 1.82) is 0 Å². The van der Waals surface area contributed by atoms with Crippen LogP contribution in [0.2, 0.25) is 0 Å². The van der Waals surface area contributed by atoms with Crippen molar-refractivity contribution < 1.29 is 33.7 Å². The van der Waals surface area contributed by atoms with Gasteiger partial charge in [0.1, 0.15) is 30.5 Å². The van der Waals surface area contributed by atoms with Crippen molar-refractivity contribution in [2.75, 3.05) is 11.9 Å². The molecule has 2 amide bonds. The number of anilines is 1. The molecule has 0 saturated carbocycles. The van der Waals surface area contributed by atoms with Gasteiger partial charge in [-0.25, -0.2) is 14.1 Å². The Morgan fingerprint density at radius 2 is 1.45 bits per heavy atom. The van der Waals surface area contributed by atoms with Crippen LogP contribution in [0.25, 0.3) is 11.1 Å². The number of rotatable bonds is 15. The van der Waals surface area contributed by atoms with Crippen LogP contribution in [0.5, 0.6) is 11.5 Å². The summed E-state index contributed by atoms with van der Waals surface area (Å²) >= 11 is 0. The molecule has 1 aliphatic heterocycles. The van der Waals surface area contributed by atoms with Gasteiger partial charge in [0.2, 0.25) is 5.91 Å². The highest BCUT2D eigenvalue weighted by Gasteiger charge is 2.44. The maximum atomic E-state index is 15.2. The third-order valence-electron chi connectivity index (χ3n) is 10.1. The second kappa shape index (κ2) is 17.8. The van der Waals surface area contributed by atoms with E-state index in [1.807, 2.05) is 115 Å². The fraction of sp³-hybridized carbons (Fsp3) is 0.191. The summed E-state index contributed by atoms with van der Waals surface area (Å²) in [7, 11) is 0. The van der Waals surface area contributed by atoms with Gasteiger partial charge in [-0.15, -0.1) is 0 Å². The highest BCUT2D eigenvalue weighted by molar-refractivity contribution is 5.95. The van der Waals surface area contributed by atoms with Crippen molar-refractivity contribution >= 4 is 17.7 Å². The van der Waals surface area contributed by atoms with E-state index in [9.17, 15) is 19.4 Å². The van der Waals surface area contributed by atoms with Crippen LogP contribution < -0.4 is 10.1 Å². The van der Waals surface area contributed by atoms with E-state index in [1.54, 1.807) is 18.2 Å². The van der Waals surface area contributed by atoms with E-state index in [0.29, 0.717) is 23.3 Å². The molecule has 4 atom stereocenters. The molecule has 0 spiro atoms. The summed E-state index contributed by atoms with van der Waals surface area (Å²) in [4.78, 5) is 29.9. The molecule has 284 valence electrons. The Morgan fingerprint density at radius 1 is 0.786 bits per heavy atom. The average Bonchev–Trinajstić information content (AvgIpc) is 3.59. The molecule has 0 unspecified atom stereocenters. The predicted octanol–water partition coefficient (Wildman–Crippen LogP) is 9.65. The van der Waals surface area contributed by atoms with Gasteiger partial charge in [0.25, 0.3) is 0 Å². The molecule has 0 aliphatic carbocycles. The Kier molecular flexibility index (Phi) is 12.0. The number of nitrogens with zero attached hydrogens (tertiary/aromatic N) is 1. The third-order valence-corrected chi connectivity index (χ3v) is 10.1. The Bertz CT molecular complexity index is 2220. The maximum Gasteiger partial charge on any atom is 0.416 e. The topological polar surface area (TPSA) is 108 Å². The summed E-state index contributed by atoms with van der Waals surface area (Å²) in [6.07, 6.45) is -1.07. The van der Waals surface area contributed by atoms with Crippen LogP contribution in [0.4, 0.5) is 14.9 Å². The lowest BCUT2D eigenvalue weighted by Crippen LogP contribution is -2.46. The van der Waals surface area contributed by atoms with Crippen LogP contribution in [0.1, 0.15) is 47.2 Å². The first-order chi connectivity index (χ1) is 27.3. The number of benzene rings is 6. The Balaban J connectivity index is 1.33. The SMILES string of the molecule is O=C1OC[C@H](Cc2ccccc2)N1C(=O)[C@H](CC[C@H](O)c1ccc(F)cc1)[C@H](Nc1ccccc1)c1ccc(-c2cccc(O)c2)cc1OCc1ccccc1. The first kappa shape index (κ1) is 37.8. The van der Waals surface area contributed by atoms with E-state index >= 15 is 4.79 Å². The van der Waals surface area contributed by atoms with Gasteiger partial charge >= 0.3 is 6.09 Å². The van der Waals surface area contributed by atoms with Gasteiger partial charge < -0.3 is 25.0 Å². The smallest absolute Gasteiger partial charge is 0.416 e. The lowest BCUT2D eigenvalue weighted by molar-refractivity contribution is -0.134. The number of carbonyl (C=O) groups is 2. The zero-order valence-electron chi connectivity index (χ0n) is 30.7. The summed E-state index contributed by atoms with van der Waals surface area (Å²) in [6, 6.07) is 45.8. The largest absolute Gasteiger partial charge is 0.508 e. The Hall–Kier alpha value is -6.45. The number of phenolic OH excluding ortho intramolecular Hbond substituents is 1. The van der Waals surface area contributed by atoms with Crippen molar-refractivity contribution in [2.45, 2.75) is 44.1 Å². The number of cyclic esters (lactones) is 1. The highest BCUT2D eigenvalue weighted by atomic mass is 19.1. The lowest BCUT2D eigenvalue weighted by atomic mass is 9.84. The summed E-state index contributed by atoms with van der Waals surface area (Å²) in [5, 5.41) is 25.3. The van der Waals surface area contributed by atoms with Crippen molar-refractivity contribution in [1.82, 2.24) is 4.90 Å². The van der Waals surface area contributed by atoms with Crippen LogP contribution in [-0.4, -0.2) is 39.8 Å². The number of para-hydroxylation sites is 1. The van der Waals surface area contributed by atoms with E-state index in [-0.39, 0.29) is 31.8 Å². The van der Waals surface area contributed by atoms with Crippen LogP contribution in [0.3, 0.4) is 0 Å². The number of aliphatic hydroxyl groups is 1. The molecule has 56 heavy (non-hydrogen) atoms. The highest BCUT2D eigenvalue weighted by Crippen LogP contribution is 2.41. The summed E-state index contributed by atoms with van der Waals surface area (Å²) in [5.74, 6) is -1.20. The first-order valence-corrected chi connectivity index (χ1v) is 18.7. The molecule has 3 N–H and O–H groups in total. The second-order valence-corrected chi connectivity index (χ2v) is 13.9. The molecular weight excluding hydrogens is 708 g/mol. The van der Waals surface area contributed by atoms with Crippen LogP contribution in [-0.2, 0) is 22.6 Å². The number of nitrogens with one attached hydrogen (secondary N) is 1. The molecule has 1 heterocycles. The standard InChI is InChI=1S/C47H43FN2O6/c48-37-22-19-34(20-23-37)43(52)26-25-42(46(53)50-39(31-56-47(50)54)27-32-11-4-1-5-12-32)45(49-38-16-8-3-9-17-38)41-24-21-36(35-15-10-18-40(51)28-35)29-44(41)55-30-33-13-6-2-7-14-33/h1-24,28-29,39,42-43,45,49,51-52H,25-27,30-31H2/t39-,42+,43-,45+/m0/s1. The minimum atomic E-state index is -1.02. The number of aromatic hydroxyl groups is 1. The maximum absolute atomic E-state index is 15.2. The van der Waals surface area contributed by atoms with Crippen LogP contribution in [0, 0.1) is 11.7 Å². The number of carbonyl (C=O) groups excluding carboxylic acids is 2. The molecule has 6 aromatic rings. The Labute approximate surface area is 325 Å². The molecule has 7 rings (SSSR count). The molecule has 1 saturated heterocycles. The van der Waals surface area contributed by atoms with Gasteiger partial charge in [-0.2, -0.15) is 0 Å². The molecule has 8 nitrogen and oxygen atoms in total. The van der Waals surface area contributed by atoms with Crippen molar-refractivity contribution in [3.05, 3.63) is 186 Å². The van der Waals surface area contributed by atoms with E-state index in [0.717, 1.165) is 27.9 Å². The third kappa shape index (κ3) is 9.25. The van der Waals surface area contributed by atoms with E-state index in [1.165, 1.54) is 29.2 Å². The molecule has 0 aromatic heterocycles. The fourth-order valence-electron chi connectivity index (χ4n) is 7.19. The number of ether oxygens (including phenoxy) is 2. The summed E-state index contributed by atoms with van der Waals surface area (Å²) in [5.41, 5.74) is 5.33. The van der Waals surface area contributed by atoms with Crippen LogP contribution in [0.15, 0.2) is 158 Å². The average molecular weight is 751 g/mol. The minimum absolute atomic E-state index is 0.0469. The minimum Gasteiger partial charge on any atom is -0.508 e. The molecule has 6 aromatic carbocycles. The predicted molar refractivity (Wildman–Crippen MR) is 213 cm³/mol. The van der Waals surface area contributed by atoms with Gasteiger partial charge in [0.05, 0.1) is 24.1 Å². The molecule has 0 bridgehead atoms. The normalized spacial score (nSPS) is 15.4. The van der Waals surface area contributed by atoms with Gasteiger partial charge in [0.15, 0.2) is 0 Å². The van der Waals surface area contributed by atoms with Crippen molar-refractivity contribution in [2.24, 2.45) is 5.92 Å². The van der Waals surface area contributed by atoms with Crippen LogP contribution >= 0.6 is 0 Å². The molecule has 1 fully saturated rings. The fourth-order valence-corrected chi connectivity index (χ4v) is 7.19. The zero-order valence-corrected chi connectivity index (χ0v) is 30.7. The molecule has 1 aliphatic rings. The summed E-state index contributed by atoms with van der Waals surface area (Å²) in [6.45, 7) is 0.278. The lowest BCUT2D eigenvalue weighted by Gasteiger charge is -2.33. The quantitative estimate of drug-likeness (QED) is 0.0960. The van der Waals surface area contributed by atoms with E-state index < -0.39 is 41.9 Å². The van der Waals surface area contributed by atoms with Gasteiger partial charge in [-0.05, 0) is 89.5 Å². The van der Waals surface area contributed by atoms with Crippen molar-refractivity contribution in [3.63, 3.8) is 0 Å². The number of halogens is 1. The Morgan fingerprint density at radius 3 is 2.14 bits per heavy atom. The van der Waals surface area contributed by atoms with Gasteiger partial charge in [0, 0.05) is 11.3 Å². The number of amides is 2. The summed E-state index contributed by atoms with van der Waals surface area (Å²) < 4.78 is 26.0. The number of phenols is 1. The van der Waals surface area contributed by atoms with Gasteiger partial charge in [-0.3, -0.25) is 4.79 Å². The number of imide groups is 1. The number of hydrogen-bond donors (Lipinski definition) is 3. The van der Waals surface area contributed by atoms with Gasteiger partial charge in [-0.1, -0.05) is 115 Å². The molecular formula is C47H43FN2O6. The number of aliphatic hydroxyl groups excluding tert-OH is 1. The van der Waals surface area contributed by atoms with E-state index in [4.69, 9.17) is 9.47 Å². The first-order valence-electron chi connectivity index (χ1n) is 18.7. The number of hydrogen-bond acceptors (Lipinski definition) is 7. The molecule has 9 heteroatoms. The zero-order chi connectivity index (χ0) is 38.9.